The molecule has 0 aromatic heterocycles. The number of hydrogen-bond acceptors (Lipinski definition) is 4. The van der Waals surface area contributed by atoms with Crippen LogP contribution < -0.4 is 4.74 Å². The molecule has 0 aliphatic heterocycles. The van der Waals surface area contributed by atoms with Gasteiger partial charge in [0.05, 0.1) is 12.7 Å². The number of phenolic OH excluding ortho intramolecular Hbond substituents is 1. The van der Waals surface area contributed by atoms with E-state index in [1.807, 2.05) is 0 Å². The number of methoxy groups -OCH3 is 1. The molecule has 2 N–H and O–H groups in total. The number of halogens is 1. The van der Waals surface area contributed by atoms with E-state index in [4.69, 9.17) is 21.5 Å². The highest BCUT2D eigenvalue weighted by atomic mass is 35.5. The summed E-state index contributed by atoms with van der Waals surface area (Å²) in [5.74, 6) is 0.457. The van der Waals surface area contributed by atoms with Crippen molar-refractivity contribution in [2.75, 3.05) is 7.11 Å². The van der Waals surface area contributed by atoms with Gasteiger partial charge in [-0.25, -0.2) is 0 Å². The molecule has 0 heterocycles. The van der Waals surface area contributed by atoms with Crippen molar-refractivity contribution >= 4 is 16.8 Å². The Balaban J connectivity index is 3.19. The maximum atomic E-state index is 9.30. The molecule has 0 spiro atoms. The average Bonchev–Trinajstić information content (AvgIpc) is 2.17. The van der Waals surface area contributed by atoms with E-state index < -0.39 is 0 Å². The van der Waals surface area contributed by atoms with E-state index >= 15 is 0 Å². The van der Waals surface area contributed by atoms with E-state index in [0.717, 1.165) is 0 Å². The Labute approximate surface area is 80.0 Å². The Morgan fingerprint density at radius 1 is 1.54 bits per heavy atom. The molecule has 0 saturated carbocycles. The topological polar surface area (TPSA) is 62.0 Å². The number of ether oxygens (including phenoxy) is 1. The van der Waals surface area contributed by atoms with E-state index in [2.05, 4.69) is 5.16 Å². The molecule has 1 aromatic rings. The molecule has 0 aliphatic rings. The third-order valence-electron chi connectivity index (χ3n) is 1.51. The fraction of sp³-hybridized carbons (Fsp3) is 0.125. The van der Waals surface area contributed by atoms with Gasteiger partial charge in [-0.2, -0.15) is 0 Å². The number of hydrogen-bond donors (Lipinski definition) is 2. The van der Waals surface area contributed by atoms with Crippen molar-refractivity contribution < 1.29 is 15.1 Å². The van der Waals surface area contributed by atoms with E-state index in [9.17, 15) is 5.11 Å². The fourth-order valence-electron chi connectivity index (χ4n) is 0.861. The minimum absolute atomic E-state index is 0.0661. The summed E-state index contributed by atoms with van der Waals surface area (Å²) in [6, 6.07) is 4.44. The smallest absolute Gasteiger partial charge is 0.179 e. The van der Waals surface area contributed by atoms with Gasteiger partial charge in [0.1, 0.15) is 11.5 Å². The van der Waals surface area contributed by atoms with Gasteiger partial charge in [0.25, 0.3) is 0 Å². The Morgan fingerprint density at radius 3 is 2.77 bits per heavy atom. The van der Waals surface area contributed by atoms with Gasteiger partial charge in [-0.15, -0.1) is 0 Å². The van der Waals surface area contributed by atoms with Gasteiger partial charge >= 0.3 is 0 Å². The van der Waals surface area contributed by atoms with Gasteiger partial charge in [-0.3, -0.25) is 0 Å². The van der Waals surface area contributed by atoms with Gasteiger partial charge in [-0.1, -0.05) is 16.8 Å². The Morgan fingerprint density at radius 2 is 2.23 bits per heavy atom. The normalized spacial score (nSPS) is 11.4. The van der Waals surface area contributed by atoms with Crippen molar-refractivity contribution in [3.63, 3.8) is 0 Å². The van der Waals surface area contributed by atoms with Crippen molar-refractivity contribution in [2.24, 2.45) is 5.16 Å². The van der Waals surface area contributed by atoms with Crippen LogP contribution in [0.2, 0.25) is 0 Å². The molecular weight excluding hydrogens is 194 g/mol. The average molecular weight is 202 g/mol. The molecule has 0 fully saturated rings. The lowest BCUT2D eigenvalue weighted by Crippen LogP contribution is -1.93. The highest BCUT2D eigenvalue weighted by molar-refractivity contribution is 6.69. The third-order valence-corrected chi connectivity index (χ3v) is 1.79. The Kier molecular flexibility index (Phi) is 2.97. The molecule has 1 aromatic carbocycles. The molecule has 1 rings (SSSR count). The van der Waals surface area contributed by atoms with E-state index in [1.54, 1.807) is 6.07 Å². The van der Waals surface area contributed by atoms with Crippen LogP contribution in [0.15, 0.2) is 23.4 Å². The van der Waals surface area contributed by atoms with E-state index in [-0.39, 0.29) is 16.5 Å². The molecule has 5 heteroatoms. The third kappa shape index (κ3) is 2.03. The predicted octanol–water partition coefficient (Wildman–Crippen LogP) is 1.78. The van der Waals surface area contributed by atoms with Crippen LogP contribution in [0.4, 0.5) is 0 Å². The molecular formula is C8H8ClNO3. The molecule has 0 unspecified atom stereocenters. The summed E-state index contributed by atoms with van der Waals surface area (Å²) in [7, 11) is 1.49. The lowest BCUT2D eigenvalue weighted by Gasteiger charge is -2.03. The largest absolute Gasteiger partial charge is 0.507 e. The standard InChI is InChI=1S/C8H8ClNO3/c1-13-5-2-3-7(11)6(4-5)8(9)10-12/h2-4,11-12H,1H3/b10-8-. The molecule has 0 atom stereocenters. The van der Waals surface area contributed by atoms with Crippen LogP contribution in [0.25, 0.3) is 0 Å². The van der Waals surface area contributed by atoms with Crippen LogP contribution >= 0.6 is 11.6 Å². The summed E-state index contributed by atoms with van der Waals surface area (Å²) >= 11 is 5.51. The molecule has 4 nitrogen and oxygen atoms in total. The van der Waals surface area contributed by atoms with Crippen molar-refractivity contribution in [2.45, 2.75) is 0 Å². The SMILES string of the molecule is COc1ccc(O)c(/C(Cl)=N/O)c1. The molecule has 0 radical (unpaired) electrons. The van der Waals surface area contributed by atoms with Gasteiger partial charge < -0.3 is 15.1 Å². The van der Waals surface area contributed by atoms with Gasteiger partial charge in [-0.05, 0) is 18.2 Å². The number of nitrogens with zero attached hydrogens (tertiary/aromatic N) is 1. The molecule has 0 amide bonds. The second kappa shape index (κ2) is 4.00. The summed E-state index contributed by atoms with van der Waals surface area (Å²) in [5, 5.41) is 20.3. The Bertz CT molecular complexity index is 338. The first-order valence-electron chi connectivity index (χ1n) is 3.44. The van der Waals surface area contributed by atoms with E-state index in [0.29, 0.717) is 5.75 Å². The number of aromatic hydroxyl groups is 1. The summed E-state index contributed by atoms with van der Waals surface area (Å²) in [6.45, 7) is 0. The maximum Gasteiger partial charge on any atom is 0.179 e. The number of oxime groups is 1. The number of benzene rings is 1. The summed E-state index contributed by atoms with van der Waals surface area (Å²) in [6.07, 6.45) is 0. The fourth-order valence-corrected chi connectivity index (χ4v) is 1.01. The van der Waals surface area contributed by atoms with Gasteiger partial charge in [0.2, 0.25) is 0 Å². The summed E-state index contributed by atoms with van der Waals surface area (Å²) in [5.41, 5.74) is 0.225. The van der Waals surface area contributed by atoms with Crippen LogP contribution in [0.1, 0.15) is 5.56 Å². The summed E-state index contributed by atoms with van der Waals surface area (Å²) in [4.78, 5) is 0. The first-order valence-corrected chi connectivity index (χ1v) is 3.81. The lowest BCUT2D eigenvalue weighted by molar-refractivity contribution is 0.320. The Hall–Kier alpha value is -1.42. The van der Waals surface area contributed by atoms with Crippen molar-refractivity contribution in [3.05, 3.63) is 23.8 Å². The molecule has 13 heavy (non-hydrogen) atoms. The highest BCUT2D eigenvalue weighted by Crippen LogP contribution is 2.24. The lowest BCUT2D eigenvalue weighted by atomic mass is 10.2. The van der Waals surface area contributed by atoms with Crippen LogP contribution in [0.5, 0.6) is 11.5 Å². The van der Waals surface area contributed by atoms with Gasteiger partial charge in [0.15, 0.2) is 5.17 Å². The van der Waals surface area contributed by atoms with Crippen LogP contribution in [0.3, 0.4) is 0 Å². The number of phenols is 1. The quantitative estimate of drug-likeness (QED) is 0.436. The predicted molar refractivity (Wildman–Crippen MR) is 48.8 cm³/mol. The van der Waals surface area contributed by atoms with Crippen molar-refractivity contribution in [3.8, 4) is 11.5 Å². The second-order valence-corrected chi connectivity index (χ2v) is 2.63. The number of rotatable bonds is 2. The van der Waals surface area contributed by atoms with Crippen LogP contribution in [-0.2, 0) is 0 Å². The van der Waals surface area contributed by atoms with Gasteiger partial charge in [0, 0.05) is 0 Å². The summed E-state index contributed by atoms with van der Waals surface area (Å²) < 4.78 is 4.90. The minimum Gasteiger partial charge on any atom is -0.507 e. The van der Waals surface area contributed by atoms with E-state index in [1.165, 1.54) is 19.2 Å². The van der Waals surface area contributed by atoms with Crippen molar-refractivity contribution in [1.82, 2.24) is 0 Å². The first-order chi connectivity index (χ1) is 6.19. The van der Waals surface area contributed by atoms with Crippen molar-refractivity contribution in [1.29, 1.82) is 0 Å². The first kappa shape index (κ1) is 9.67. The molecule has 0 bridgehead atoms. The maximum absolute atomic E-state index is 9.30. The van der Waals surface area contributed by atoms with Crippen LogP contribution in [0, 0.1) is 0 Å². The highest BCUT2D eigenvalue weighted by Gasteiger charge is 2.08. The molecule has 0 saturated heterocycles. The minimum atomic E-state index is -0.184. The zero-order chi connectivity index (χ0) is 9.84. The molecule has 70 valence electrons. The molecule has 0 aliphatic carbocycles. The zero-order valence-corrected chi connectivity index (χ0v) is 7.62. The monoisotopic (exact) mass is 201 g/mol. The second-order valence-electron chi connectivity index (χ2n) is 2.27. The zero-order valence-electron chi connectivity index (χ0n) is 6.86. The van der Waals surface area contributed by atoms with Crippen LogP contribution in [-0.4, -0.2) is 22.6 Å².